The largest absolute Gasteiger partial charge is 0.453 e. The van der Waals surface area contributed by atoms with E-state index in [1.165, 1.54) is 0 Å². The third kappa shape index (κ3) is 1.90. The first-order valence-electron chi connectivity index (χ1n) is 6.53. The summed E-state index contributed by atoms with van der Waals surface area (Å²) in [6.07, 6.45) is 0.225. The van der Waals surface area contributed by atoms with Crippen LogP contribution in [0.2, 0.25) is 0 Å². The van der Waals surface area contributed by atoms with Crippen LogP contribution >= 0.6 is 0 Å². The van der Waals surface area contributed by atoms with E-state index in [2.05, 4.69) is 15.5 Å². The van der Waals surface area contributed by atoms with Gasteiger partial charge in [0, 0.05) is 11.9 Å². The van der Waals surface area contributed by atoms with E-state index in [0.29, 0.717) is 30.4 Å². The molecule has 102 valence electrons. The highest BCUT2D eigenvalue weighted by Gasteiger charge is 2.28. The lowest BCUT2D eigenvalue weighted by Crippen LogP contribution is -2.15. The summed E-state index contributed by atoms with van der Waals surface area (Å²) in [5.41, 5.74) is 0.795. The van der Waals surface area contributed by atoms with E-state index in [9.17, 15) is 5.11 Å². The number of hydrogen-bond donors (Lipinski definition) is 2. The van der Waals surface area contributed by atoms with E-state index < -0.39 is 0 Å². The summed E-state index contributed by atoms with van der Waals surface area (Å²) < 4.78 is 10.9. The van der Waals surface area contributed by atoms with E-state index >= 15 is 0 Å². The van der Waals surface area contributed by atoms with Crippen LogP contribution in [0.5, 0.6) is 0 Å². The van der Waals surface area contributed by atoms with Crippen molar-refractivity contribution in [2.45, 2.75) is 18.6 Å². The van der Waals surface area contributed by atoms with E-state index in [1.807, 2.05) is 30.3 Å². The van der Waals surface area contributed by atoms with E-state index in [4.69, 9.17) is 8.94 Å². The molecule has 1 aliphatic heterocycles. The Labute approximate surface area is 114 Å². The predicted molar refractivity (Wildman–Crippen MR) is 70.9 cm³/mol. The molecule has 6 heteroatoms. The Bertz CT molecular complexity index is 716. The van der Waals surface area contributed by atoms with Gasteiger partial charge in [0.25, 0.3) is 0 Å². The first-order chi connectivity index (χ1) is 9.79. The molecule has 0 spiro atoms. The van der Waals surface area contributed by atoms with Gasteiger partial charge in [0.2, 0.25) is 11.7 Å². The second-order valence-corrected chi connectivity index (χ2v) is 4.96. The zero-order valence-electron chi connectivity index (χ0n) is 10.6. The first kappa shape index (κ1) is 11.6. The van der Waals surface area contributed by atoms with Crippen molar-refractivity contribution in [2.24, 2.45) is 0 Å². The minimum absolute atomic E-state index is 0.0874. The number of β-amino-alcohol motifs (C(OH)–C–C–N with tert-alkyl or cyclic N) is 1. The number of furan rings is 1. The number of benzene rings is 1. The molecule has 1 aromatic carbocycles. The van der Waals surface area contributed by atoms with Crippen molar-refractivity contribution >= 4 is 11.0 Å². The second kappa shape index (κ2) is 4.43. The van der Waals surface area contributed by atoms with Crippen LogP contribution in [-0.4, -0.2) is 27.9 Å². The van der Waals surface area contributed by atoms with E-state index in [1.54, 1.807) is 0 Å². The fourth-order valence-electron chi connectivity index (χ4n) is 2.47. The van der Waals surface area contributed by atoms with Crippen molar-refractivity contribution in [3.8, 4) is 11.6 Å². The van der Waals surface area contributed by atoms with Crippen LogP contribution < -0.4 is 5.32 Å². The minimum Gasteiger partial charge on any atom is -0.453 e. The molecule has 6 nitrogen and oxygen atoms in total. The third-order valence-electron chi connectivity index (χ3n) is 3.49. The smallest absolute Gasteiger partial charge is 0.244 e. The number of aliphatic hydroxyl groups is 1. The van der Waals surface area contributed by atoms with Crippen LogP contribution in [0.1, 0.15) is 18.4 Å². The topological polar surface area (TPSA) is 84.3 Å². The number of para-hydroxylation sites is 1. The van der Waals surface area contributed by atoms with E-state index in [-0.39, 0.29) is 12.1 Å². The van der Waals surface area contributed by atoms with Crippen molar-refractivity contribution in [1.82, 2.24) is 15.5 Å². The molecule has 0 unspecified atom stereocenters. The fraction of sp³-hybridized carbons (Fsp3) is 0.286. The van der Waals surface area contributed by atoms with Crippen molar-refractivity contribution in [2.75, 3.05) is 6.54 Å². The summed E-state index contributed by atoms with van der Waals surface area (Å²) >= 11 is 0. The third-order valence-corrected chi connectivity index (χ3v) is 3.49. The predicted octanol–water partition coefficient (Wildman–Crippen LogP) is 1.88. The highest BCUT2D eigenvalue weighted by Crippen LogP contribution is 2.28. The molecule has 0 amide bonds. The van der Waals surface area contributed by atoms with Gasteiger partial charge in [-0.3, -0.25) is 0 Å². The molecular formula is C14H13N3O3. The molecular weight excluding hydrogens is 258 g/mol. The monoisotopic (exact) mass is 271 g/mol. The SMILES string of the molecule is O[C@H]1CN[C@@H](c2nc(-c3cc4ccccc4o3)no2)C1. The summed E-state index contributed by atoms with van der Waals surface area (Å²) in [5.74, 6) is 1.50. The quantitative estimate of drug-likeness (QED) is 0.740. The van der Waals surface area contributed by atoms with Crippen LogP contribution in [0.15, 0.2) is 39.3 Å². The summed E-state index contributed by atoms with van der Waals surface area (Å²) in [5, 5.41) is 17.6. The Morgan fingerprint density at radius 2 is 2.20 bits per heavy atom. The Kier molecular flexibility index (Phi) is 2.58. The van der Waals surface area contributed by atoms with Gasteiger partial charge in [-0.15, -0.1) is 0 Å². The number of nitrogens with zero attached hydrogens (tertiary/aromatic N) is 2. The number of nitrogens with one attached hydrogen (secondary N) is 1. The molecule has 0 aliphatic carbocycles. The lowest BCUT2D eigenvalue weighted by atomic mass is 10.2. The number of aliphatic hydroxyl groups excluding tert-OH is 1. The summed E-state index contributed by atoms with van der Waals surface area (Å²) in [4.78, 5) is 4.35. The molecule has 2 N–H and O–H groups in total. The Morgan fingerprint density at radius 1 is 1.30 bits per heavy atom. The van der Waals surface area contributed by atoms with Crippen LogP contribution in [-0.2, 0) is 0 Å². The highest BCUT2D eigenvalue weighted by atomic mass is 16.5. The number of hydrogen-bond acceptors (Lipinski definition) is 6. The fourth-order valence-corrected chi connectivity index (χ4v) is 2.47. The molecule has 0 saturated carbocycles. The normalized spacial score (nSPS) is 22.6. The maximum absolute atomic E-state index is 9.51. The summed E-state index contributed by atoms with van der Waals surface area (Å²) in [7, 11) is 0. The maximum atomic E-state index is 9.51. The molecule has 20 heavy (non-hydrogen) atoms. The molecule has 2 aromatic heterocycles. The van der Waals surface area contributed by atoms with Gasteiger partial charge in [-0.05, 0) is 18.6 Å². The lowest BCUT2D eigenvalue weighted by molar-refractivity contribution is 0.191. The van der Waals surface area contributed by atoms with Crippen molar-refractivity contribution in [1.29, 1.82) is 0 Å². The summed E-state index contributed by atoms with van der Waals surface area (Å²) in [6.45, 7) is 0.549. The Hall–Kier alpha value is -2.18. The average Bonchev–Trinajstić information content (AvgIpc) is 3.16. The van der Waals surface area contributed by atoms with Crippen molar-refractivity contribution in [3.63, 3.8) is 0 Å². The molecule has 3 heterocycles. The average molecular weight is 271 g/mol. The number of fused-ring (bicyclic) bond motifs is 1. The first-order valence-corrected chi connectivity index (χ1v) is 6.53. The van der Waals surface area contributed by atoms with Crippen LogP contribution in [0, 0.1) is 0 Å². The number of aromatic nitrogens is 2. The molecule has 2 atom stereocenters. The van der Waals surface area contributed by atoms with Crippen molar-refractivity contribution in [3.05, 3.63) is 36.2 Å². The van der Waals surface area contributed by atoms with Gasteiger partial charge in [-0.1, -0.05) is 23.4 Å². The van der Waals surface area contributed by atoms with Gasteiger partial charge >= 0.3 is 0 Å². The molecule has 4 rings (SSSR count). The van der Waals surface area contributed by atoms with Crippen LogP contribution in [0.25, 0.3) is 22.6 Å². The van der Waals surface area contributed by atoms with Crippen molar-refractivity contribution < 1.29 is 14.0 Å². The minimum atomic E-state index is -0.360. The lowest BCUT2D eigenvalue weighted by Gasteiger charge is -2.01. The Morgan fingerprint density at radius 3 is 3.00 bits per heavy atom. The van der Waals surface area contributed by atoms with Gasteiger partial charge in [-0.25, -0.2) is 0 Å². The van der Waals surface area contributed by atoms with Crippen LogP contribution in [0.3, 0.4) is 0 Å². The summed E-state index contributed by atoms with van der Waals surface area (Å²) in [6, 6.07) is 9.54. The molecule has 0 bridgehead atoms. The molecule has 0 radical (unpaired) electrons. The van der Waals surface area contributed by atoms with Gasteiger partial charge in [-0.2, -0.15) is 4.98 Å². The second-order valence-electron chi connectivity index (χ2n) is 4.96. The molecule has 1 fully saturated rings. The van der Waals surface area contributed by atoms with E-state index in [0.717, 1.165) is 11.0 Å². The molecule has 1 aliphatic rings. The van der Waals surface area contributed by atoms with Gasteiger partial charge < -0.3 is 19.4 Å². The number of rotatable bonds is 2. The molecule has 3 aromatic rings. The highest BCUT2D eigenvalue weighted by molar-refractivity contribution is 5.81. The Balaban J connectivity index is 1.67. The zero-order chi connectivity index (χ0) is 13.5. The van der Waals surface area contributed by atoms with Gasteiger partial charge in [0.05, 0.1) is 12.1 Å². The maximum Gasteiger partial charge on any atom is 0.244 e. The van der Waals surface area contributed by atoms with Crippen LogP contribution in [0.4, 0.5) is 0 Å². The molecule has 1 saturated heterocycles. The standard InChI is InChI=1S/C14H13N3O3/c18-9-6-10(15-7-9)14-16-13(17-20-14)12-5-8-3-1-2-4-11(8)19-12/h1-5,9-10,15,18H,6-7H2/t9-,10-/m1/s1. The van der Waals surface area contributed by atoms with Gasteiger partial charge in [0.15, 0.2) is 5.76 Å². The zero-order valence-corrected chi connectivity index (χ0v) is 10.6. The van der Waals surface area contributed by atoms with Gasteiger partial charge in [0.1, 0.15) is 5.58 Å².